The molecule has 0 aliphatic carbocycles. The highest BCUT2D eigenvalue weighted by molar-refractivity contribution is 7.80. The number of benzene rings is 2. The van der Waals surface area contributed by atoms with Crippen molar-refractivity contribution in [1.29, 1.82) is 0 Å². The zero-order valence-corrected chi connectivity index (χ0v) is 24.2. The van der Waals surface area contributed by atoms with Crippen molar-refractivity contribution in [2.45, 2.75) is 46.7 Å². The summed E-state index contributed by atoms with van der Waals surface area (Å²) in [5.41, 5.74) is 7.98. The Kier molecular flexibility index (Phi) is 7.89. The van der Waals surface area contributed by atoms with Crippen LogP contribution in [0.25, 0.3) is 5.69 Å². The normalized spacial score (nSPS) is 16.8. The molecule has 2 aromatic carbocycles. The lowest BCUT2D eigenvalue weighted by molar-refractivity contribution is 0.340. The minimum atomic E-state index is -0.0933. The van der Waals surface area contributed by atoms with Crippen LogP contribution < -0.4 is 19.9 Å². The molecule has 39 heavy (non-hydrogen) atoms. The maximum Gasteiger partial charge on any atom is 0.174 e. The van der Waals surface area contributed by atoms with Gasteiger partial charge in [0.1, 0.15) is 5.75 Å². The standard InChI is InChI=1S/C32H37N5OS/c1-6-35(7-2)24-12-14-25(15-13-24)36-22(4)21-28(23(36)5)31-30(29-11-9-10-20-33-29)34-32(39)37(31)26-16-18-27(19-17-26)38-8-3/h9-21,30-31H,6-8H2,1-5H3,(H,34,39)/t30-,31-/m0/s1. The summed E-state index contributed by atoms with van der Waals surface area (Å²) >= 11 is 5.94. The van der Waals surface area contributed by atoms with E-state index in [0.29, 0.717) is 11.7 Å². The van der Waals surface area contributed by atoms with Crippen LogP contribution in [0.15, 0.2) is 79.0 Å². The van der Waals surface area contributed by atoms with Gasteiger partial charge in [-0.25, -0.2) is 0 Å². The second-order valence-corrected chi connectivity index (χ2v) is 10.2. The molecular weight excluding hydrogens is 502 g/mol. The first-order chi connectivity index (χ1) is 19.0. The minimum absolute atomic E-state index is 0.0692. The van der Waals surface area contributed by atoms with E-state index in [1.54, 1.807) is 0 Å². The van der Waals surface area contributed by atoms with Crippen molar-refractivity contribution in [2.75, 3.05) is 29.5 Å². The number of nitrogens with one attached hydrogen (secondary N) is 1. The van der Waals surface area contributed by atoms with Crippen molar-refractivity contribution in [3.05, 3.63) is 102 Å². The van der Waals surface area contributed by atoms with Crippen molar-refractivity contribution < 1.29 is 4.74 Å². The third-order valence-corrected chi connectivity index (χ3v) is 7.86. The van der Waals surface area contributed by atoms with E-state index in [1.165, 1.54) is 22.6 Å². The molecule has 1 N–H and O–H groups in total. The number of aryl methyl sites for hydroxylation is 1. The van der Waals surface area contributed by atoms with E-state index in [1.807, 2.05) is 37.4 Å². The third kappa shape index (κ3) is 5.11. The van der Waals surface area contributed by atoms with E-state index in [4.69, 9.17) is 21.9 Å². The molecule has 5 rings (SSSR count). The first-order valence-corrected chi connectivity index (χ1v) is 14.1. The number of hydrogen-bond donors (Lipinski definition) is 1. The van der Waals surface area contributed by atoms with E-state index < -0.39 is 0 Å². The number of hydrogen-bond acceptors (Lipinski definition) is 4. The van der Waals surface area contributed by atoms with Gasteiger partial charge in [0.2, 0.25) is 0 Å². The molecule has 0 amide bonds. The van der Waals surface area contributed by atoms with Gasteiger partial charge in [0, 0.05) is 47.7 Å². The largest absolute Gasteiger partial charge is 0.494 e. The van der Waals surface area contributed by atoms with Crippen LogP contribution in [0.3, 0.4) is 0 Å². The maximum absolute atomic E-state index is 5.94. The quantitative estimate of drug-likeness (QED) is 0.233. The molecule has 2 aromatic heterocycles. The van der Waals surface area contributed by atoms with Crippen LogP contribution in [0.5, 0.6) is 5.75 Å². The predicted octanol–water partition coefficient (Wildman–Crippen LogP) is 6.91. The van der Waals surface area contributed by atoms with Gasteiger partial charge in [-0.3, -0.25) is 4.98 Å². The molecule has 0 unspecified atom stereocenters. The summed E-state index contributed by atoms with van der Waals surface area (Å²) < 4.78 is 8.04. The summed E-state index contributed by atoms with van der Waals surface area (Å²) in [5, 5.41) is 4.27. The van der Waals surface area contributed by atoms with Crippen molar-refractivity contribution in [3.63, 3.8) is 0 Å². The Morgan fingerprint density at radius 1 is 0.923 bits per heavy atom. The molecule has 1 saturated heterocycles. The summed E-state index contributed by atoms with van der Waals surface area (Å²) in [7, 11) is 0. The van der Waals surface area contributed by atoms with Gasteiger partial charge in [0.05, 0.1) is 24.4 Å². The molecule has 6 nitrogen and oxygen atoms in total. The van der Waals surface area contributed by atoms with E-state index in [-0.39, 0.29) is 12.1 Å². The zero-order valence-electron chi connectivity index (χ0n) is 23.4. The van der Waals surface area contributed by atoms with Crippen LogP contribution >= 0.6 is 12.2 Å². The lowest BCUT2D eigenvalue weighted by atomic mass is 9.96. The molecule has 7 heteroatoms. The molecule has 4 aromatic rings. The number of pyridine rings is 1. The van der Waals surface area contributed by atoms with Crippen molar-refractivity contribution in [2.24, 2.45) is 0 Å². The van der Waals surface area contributed by atoms with E-state index >= 15 is 0 Å². The summed E-state index contributed by atoms with van der Waals surface area (Å²) in [5.74, 6) is 0.850. The summed E-state index contributed by atoms with van der Waals surface area (Å²) in [6.45, 7) is 13.4. The molecule has 0 radical (unpaired) electrons. The van der Waals surface area contributed by atoms with Crippen LogP contribution in [0, 0.1) is 13.8 Å². The SMILES string of the molecule is CCOc1ccc(N2C(=S)N[C@@H](c3ccccn3)[C@@H]2c2cc(C)n(-c3ccc(N(CC)CC)cc3)c2C)cc1. The zero-order chi connectivity index (χ0) is 27.5. The van der Waals surface area contributed by atoms with Crippen LogP contribution in [0.2, 0.25) is 0 Å². The molecular formula is C32H37N5OS. The van der Waals surface area contributed by atoms with Crippen LogP contribution in [0.1, 0.15) is 55.5 Å². The van der Waals surface area contributed by atoms with Gasteiger partial charge in [-0.1, -0.05) is 6.07 Å². The van der Waals surface area contributed by atoms with Gasteiger partial charge in [-0.15, -0.1) is 0 Å². The van der Waals surface area contributed by atoms with Crippen LogP contribution in [-0.4, -0.2) is 34.4 Å². The fourth-order valence-electron chi connectivity index (χ4n) is 5.70. The van der Waals surface area contributed by atoms with Crippen LogP contribution in [-0.2, 0) is 0 Å². The minimum Gasteiger partial charge on any atom is -0.494 e. The average Bonchev–Trinajstić information content (AvgIpc) is 3.45. The van der Waals surface area contributed by atoms with Crippen molar-refractivity contribution in [1.82, 2.24) is 14.9 Å². The highest BCUT2D eigenvalue weighted by Crippen LogP contribution is 2.44. The van der Waals surface area contributed by atoms with Crippen molar-refractivity contribution in [3.8, 4) is 11.4 Å². The monoisotopic (exact) mass is 539 g/mol. The Morgan fingerprint density at radius 2 is 1.62 bits per heavy atom. The second-order valence-electron chi connectivity index (χ2n) is 9.77. The fourth-order valence-corrected chi connectivity index (χ4v) is 6.05. The summed E-state index contributed by atoms with van der Waals surface area (Å²) in [6.07, 6.45) is 1.84. The number of anilines is 2. The molecule has 0 spiro atoms. The first kappa shape index (κ1) is 26.8. The van der Waals surface area contributed by atoms with Crippen molar-refractivity contribution >= 4 is 28.7 Å². The molecule has 2 atom stereocenters. The molecule has 1 aliphatic heterocycles. The molecule has 3 heterocycles. The number of ether oxygens (including phenoxy) is 1. The summed E-state index contributed by atoms with van der Waals surface area (Å²) in [6, 6.07) is 25.2. The molecule has 1 aliphatic rings. The second kappa shape index (κ2) is 11.5. The Bertz CT molecular complexity index is 1410. The molecule has 1 fully saturated rings. The summed E-state index contributed by atoms with van der Waals surface area (Å²) in [4.78, 5) is 9.30. The van der Waals surface area contributed by atoms with Gasteiger partial charge in [-0.2, -0.15) is 0 Å². The fraction of sp³-hybridized carbons (Fsp3) is 0.312. The van der Waals surface area contributed by atoms with Gasteiger partial charge >= 0.3 is 0 Å². The molecule has 202 valence electrons. The predicted molar refractivity (Wildman–Crippen MR) is 164 cm³/mol. The number of rotatable bonds is 9. The Morgan fingerprint density at radius 3 is 2.23 bits per heavy atom. The number of aromatic nitrogens is 2. The smallest absolute Gasteiger partial charge is 0.174 e. The van der Waals surface area contributed by atoms with Gasteiger partial charge in [-0.05, 0) is 119 Å². The van der Waals surface area contributed by atoms with E-state index in [2.05, 4.69) is 95.9 Å². The van der Waals surface area contributed by atoms with Gasteiger partial charge in [0.15, 0.2) is 5.11 Å². The maximum atomic E-state index is 5.94. The molecule has 0 saturated carbocycles. The lowest BCUT2D eigenvalue weighted by Crippen LogP contribution is -2.29. The number of nitrogens with zero attached hydrogens (tertiary/aromatic N) is 4. The van der Waals surface area contributed by atoms with E-state index in [0.717, 1.165) is 35.9 Å². The Labute approximate surface area is 237 Å². The lowest BCUT2D eigenvalue weighted by Gasteiger charge is -2.28. The highest BCUT2D eigenvalue weighted by atomic mass is 32.1. The van der Waals surface area contributed by atoms with Gasteiger partial charge in [0.25, 0.3) is 0 Å². The Balaban J connectivity index is 1.59. The topological polar surface area (TPSA) is 45.6 Å². The highest BCUT2D eigenvalue weighted by Gasteiger charge is 2.42. The first-order valence-electron chi connectivity index (χ1n) is 13.7. The average molecular weight is 540 g/mol. The Hall–Kier alpha value is -3.84. The van der Waals surface area contributed by atoms with Gasteiger partial charge < -0.3 is 24.4 Å². The number of thiocarbonyl (C=S) groups is 1. The van der Waals surface area contributed by atoms with E-state index in [9.17, 15) is 0 Å². The molecule has 0 bridgehead atoms. The van der Waals surface area contributed by atoms with Crippen LogP contribution in [0.4, 0.5) is 11.4 Å². The third-order valence-electron chi connectivity index (χ3n) is 7.55.